The number of carbonyl (C=O) groups is 1. The van der Waals surface area contributed by atoms with Gasteiger partial charge in [-0.25, -0.2) is 0 Å². The number of carbonyl (C=O) groups excluding carboxylic acids is 1. The lowest BCUT2D eigenvalue weighted by atomic mass is 9.93. The normalized spacial score (nSPS) is 16.6. The van der Waals surface area contributed by atoms with Gasteiger partial charge < -0.3 is 14.8 Å². The second-order valence-electron chi connectivity index (χ2n) is 5.18. The van der Waals surface area contributed by atoms with E-state index in [1.165, 1.54) is 6.92 Å². The van der Waals surface area contributed by atoms with Crippen molar-refractivity contribution >= 4 is 11.7 Å². The van der Waals surface area contributed by atoms with Crippen molar-refractivity contribution in [3.05, 3.63) is 35.0 Å². The van der Waals surface area contributed by atoms with Crippen LogP contribution in [0.3, 0.4) is 0 Å². The molecule has 1 aromatic heterocycles. The van der Waals surface area contributed by atoms with Crippen molar-refractivity contribution in [3.63, 3.8) is 0 Å². The molecule has 0 amide bonds. The monoisotopic (exact) mass is 315 g/mol. The summed E-state index contributed by atoms with van der Waals surface area (Å²) in [5.74, 6) is 1.65. The maximum atomic E-state index is 12.2. The summed E-state index contributed by atoms with van der Waals surface area (Å²) < 4.78 is 12.2. The van der Waals surface area contributed by atoms with Crippen LogP contribution in [0.1, 0.15) is 25.5 Å². The highest BCUT2D eigenvalue weighted by molar-refractivity contribution is 5.96. The van der Waals surface area contributed by atoms with E-state index >= 15 is 0 Å². The maximum Gasteiger partial charge on any atom is 0.248 e. The molecular formula is C15H17N5O3. The number of benzene rings is 1. The van der Waals surface area contributed by atoms with Gasteiger partial charge in [-0.1, -0.05) is 11.2 Å². The second-order valence-corrected chi connectivity index (χ2v) is 5.18. The van der Waals surface area contributed by atoms with Gasteiger partial charge in [0, 0.05) is 11.3 Å². The number of rotatable bonds is 4. The van der Waals surface area contributed by atoms with E-state index in [0.717, 1.165) is 11.3 Å². The van der Waals surface area contributed by atoms with Gasteiger partial charge in [-0.2, -0.15) is 4.68 Å². The maximum absolute atomic E-state index is 12.2. The van der Waals surface area contributed by atoms with Crippen molar-refractivity contribution in [1.29, 1.82) is 0 Å². The first kappa shape index (κ1) is 15.0. The number of nitrogens with zero attached hydrogens (tertiary/aromatic N) is 4. The first-order valence-corrected chi connectivity index (χ1v) is 7.05. The van der Waals surface area contributed by atoms with E-state index < -0.39 is 6.04 Å². The molecule has 0 radical (unpaired) electrons. The Kier molecular flexibility index (Phi) is 3.73. The molecule has 0 saturated heterocycles. The zero-order chi connectivity index (χ0) is 16.6. The standard InChI is InChI=1S/C15H17N5O3/c1-8-13(9(2)21)14(20-15(16-8)17-18-19-20)10-5-6-11(22-3)12(7-10)23-4/h5-7,14H,1-4H3,(H,16,17,19). The third-order valence-electron chi connectivity index (χ3n) is 3.82. The summed E-state index contributed by atoms with van der Waals surface area (Å²) in [6.07, 6.45) is 0. The minimum atomic E-state index is -0.418. The molecule has 1 N–H and O–H groups in total. The van der Waals surface area contributed by atoms with Gasteiger partial charge >= 0.3 is 0 Å². The predicted octanol–water partition coefficient (Wildman–Crippen LogP) is 1.57. The number of fused-ring (bicyclic) bond motifs is 1. The van der Waals surface area contributed by atoms with Gasteiger partial charge in [0.25, 0.3) is 0 Å². The molecule has 0 saturated carbocycles. The zero-order valence-corrected chi connectivity index (χ0v) is 13.3. The molecule has 3 rings (SSSR count). The molecule has 0 bridgehead atoms. The number of ketones is 1. The van der Waals surface area contributed by atoms with Crippen LogP contribution in [0.4, 0.5) is 5.95 Å². The van der Waals surface area contributed by atoms with E-state index in [1.807, 2.05) is 19.1 Å². The van der Waals surface area contributed by atoms with E-state index in [9.17, 15) is 4.79 Å². The molecule has 1 aliphatic rings. The summed E-state index contributed by atoms with van der Waals surface area (Å²) in [5, 5.41) is 14.7. The van der Waals surface area contributed by atoms with Gasteiger partial charge in [0.2, 0.25) is 5.95 Å². The summed E-state index contributed by atoms with van der Waals surface area (Å²) in [7, 11) is 3.14. The highest BCUT2D eigenvalue weighted by atomic mass is 16.5. The third kappa shape index (κ3) is 2.41. The molecule has 2 aromatic rings. The smallest absolute Gasteiger partial charge is 0.248 e. The molecule has 0 spiro atoms. The Labute approximate surface area is 133 Å². The van der Waals surface area contributed by atoms with E-state index in [1.54, 1.807) is 25.0 Å². The lowest BCUT2D eigenvalue weighted by Crippen LogP contribution is -2.27. The van der Waals surface area contributed by atoms with Crippen molar-refractivity contribution in [1.82, 2.24) is 20.2 Å². The van der Waals surface area contributed by atoms with E-state index in [2.05, 4.69) is 20.8 Å². The first-order valence-electron chi connectivity index (χ1n) is 7.05. The van der Waals surface area contributed by atoms with Crippen LogP contribution in [0.2, 0.25) is 0 Å². The average molecular weight is 315 g/mol. The lowest BCUT2D eigenvalue weighted by molar-refractivity contribution is -0.114. The van der Waals surface area contributed by atoms with Gasteiger partial charge in [0.15, 0.2) is 17.3 Å². The fraction of sp³-hybridized carbons (Fsp3) is 0.333. The van der Waals surface area contributed by atoms with Crippen LogP contribution in [-0.2, 0) is 4.79 Å². The molecule has 0 aliphatic carbocycles. The Morgan fingerprint density at radius 1 is 1.26 bits per heavy atom. The van der Waals surface area contributed by atoms with Crippen LogP contribution in [-0.4, -0.2) is 40.2 Å². The lowest BCUT2D eigenvalue weighted by Gasteiger charge is -2.27. The summed E-state index contributed by atoms with van der Waals surface area (Å²) in [6, 6.07) is 5.08. The van der Waals surface area contributed by atoms with Gasteiger partial charge in [-0.15, -0.1) is 0 Å². The van der Waals surface area contributed by atoms with Crippen molar-refractivity contribution < 1.29 is 14.3 Å². The van der Waals surface area contributed by atoms with Crippen molar-refractivity contribution in [2.24, 2.45) is 0 Å². The van der Waals surface area contributed by atoms with Crippen molar-refractivity contribution in [2.75, 3.05) is 19.5 Å². The van der Waals surface area contributed by atoms with Crippen molar-refractivity contribution in [3.8, 4) is 11.5 Å². The summed E-state index contributed by atoms with van der Waals surface area (Å²) in [5.41, 5.74) is 2.18. The minimum absolute atomic E-state index is 0.0454. The quantitative estimate of drug-likeness (QED) is 0.915. The molecule has 23 heavy (non-hydrogen) atoms. The second kappa shape index (κ2) is 5.71. The molecule has 1 aliphatic heterocycles. The number of Topliss-reactive ketones (excluding diaryl/α,β-unsaturated/α-hetero) is 1. The molecule has 1 atom stereocenters. The molecule has 1 unspecified atom stereocenters. The molecule has 8 nitrogen and oxygen atoms in total. The Morgan fingerprint density at radius 2 is 2.00 bits per heavy atom. The van der Waals surface area contributed by atoms with Gasteiger partial charge in [-0.3, -0.25) is 4.79 Å². The molecular weight excluding hydrogens is 298 g/mol. The van der Waals surface area contributed by atoms with E-state index in [4.69, 9.17) is 9.47 Å². The number of tetrazole rings is 1. The SMILES string of the molecule is COc1ccc(C2C(C(C)=O)=C(C)Nc3nnnn32)cc1OC. The third-order valence-corrected chi connectivity index (χ3v) is 3.82. The van der Waals surface area contributed by atoms with Crippen LogP contribution in [0.15, 0.2) is 29.5 Å². The fourth-order valence-corrected chi connectivity index (χ4v) is 2.80. The number of ether oxygens (including phenoxy) is 2. The van der Waals surface area contributed by atoms with Crippen LogP contribution >= 0.6 is 0 Å². The van der Waals surface area contributed by atoms with Crippen molar-refractivity contribution in [2.45, 2.75) is 19.9 Å². The predicted molar refractivity (Wildman–Crippen MR) is 82.5 cm³/mol. The van der Waals surface area contributed by atoms with Gasteiger partial charge in [0.05, 0.1) is 14.2 Å². The number of nitrogens with one attached hydrogen (secondary N) is 1. The molecule has 8 heteroatoms. The summed E-state index contributed by atoms with van der Waals surface area (Å²) in [4.78, 5) is 12.2. The first-order chi connectivity index (χ1) is 11.1. The number of methoxy groups -OCH3 is 2. The Morgan fingerprint density at radius 3 is 2.65 bits per heavy atom. The van der Waals surface area contributed by atoms with Crippen LogP contribution in [0.25, 0.3) is 0 Å². The summed E-state index contributed by atoms with van der Waals surface area (Å²) in [6.45, 7) is 3.37. The zero-order valence-electron chi connectivity index (χ0n) is 13.3. The largest absolute Gasteiger partial charge is 0.493 e. The van der Waals surface area contributed by atoms with Crippen LogP contribution < -0.4 is 14.8 Å². The van der Waals surface area contributed by atoms with E-state index in [-0.39, 0.29) is 5.78 Å². The van der Waals surface area contributed by atoms with Crippen LogP contribution in [0.5, 0.6) is 11.5 Å². The molecule has 1 aromatic carbocycles. The van der Waals surface area contributed by atoms with Gasteiger partial charge in [0.1, 0.15) is 6.04 Å². The highest BCUT2D eigenvalue weighted by Gasteiger charge is 2.32. The Hall–Kier alpha value is -2.90. The molecule has 120 valence electrons. The van der Waals surface area contributed by atoms with Crippen LogP contribution in [0, 0.1) is 0 Å². The average Bonchev–Trinajstić information content (AvgIpc) is 3.00. The molecule has 2 heterocycles. The number of hydrogen-bond donors (Lipinski definition) is 1. The van der Waals surface area contributed by atoms with Gasteiger partial charge in [-0.05, 0) is 42.0 Å². The Balaban J connectivity index is 2.18. The number of anilines is 1. The number of allylic oxidation sites excluding steroid dienone is 2. The minimum Gasteiger partial charge on any atom is -0.493 e. The summed E-state index contributed by atoms with van der Waals surface area (Å²) >= 11 is 0. The fourth-order valence-electron chi connectivity index (χ4n) is 2.80. The number of aromatic nitrogens is 4. The topological polar surface area (TPSA) is 91.2 Å². The molecule has 0 fully saturated rings. The highest BCUT2D eigenvalue weighted by Crippen LogP contribution is 2.38. The number of hydrogen-bond acceptors (Lipinski definition) is 7. The Bertz CT molecular complexity index is 796. The van der Waals surface area contributed by atoms with E-state index in [0.29, 0.717) is 23.0 Å².